The summed E-state index contributed by atoms with van der Waals surface area (Å²) in [6, 6.07) is 18.6. The highest BCUT2D eigenvalue weighted by molar-refractivity contribution is 9.10. The maximum Gasteiger partial charge on any atom is 0.291 e. The van der Waals surface area contributed by atoms with Gasteiger partial charge in [0.25, 0.3) is 5.91 Å². The molecule has 172 valence electrons. The highest BCUT2D eigenvalue weighted by Crippen LogP contribution is 2.40. The molecule has 0 N–H and O–H groups in total. The van der Waals surface area contributed by atoms with Gasteiger partial charge >= 0.3 is 0 Å². The lowest BCUT2D eigenvalue weighted by Crippen LogP contribution is -2.29. The highest BCUT2D eigenvalue weighted by Gasteiger charge is 2.42. The van der Waals surface area contributed by atoms with Gasteiger partial charge in [0.2, 0.25) is 5.76 Å². The number of nitrogens with zero attached hydrogens (tertiary/aromatic N) is 1. The number of halogens is 2. The quantitative estimate of drug-likeness (QED) is 0.301. The van der Waals surface area contributed by atoms with Gasteiger partial charge in [-0.1, -0.05) is 73.1 Å². The zero-order valence-electron chi connectivity index (χ0n) is 19.1. The lowest BCUT2D eigenvalue weighted by atomic mass is 9.86. The predicted molar refractivity (Wildman–Crippen MR) is 133 cm³/mol. The number of rotatable bonds is 3. The van der Waals surface area contributed by atoms with Crippen molar-refractivity contribution in [2.75, 3.05) is 0 Å². The van der Waals surface area contributed by atoms with Gasteiger partial charge in [0.1, 0.15) is 11.4 Å². The molecular weight excluding hydrogens is 497 g/mol. The van der Waals surface area contributed by atoms with Gasteiger partial charge in [0, 0.05) is 11.0 Å². The van der Waals surface area contributed by atoms with E-state index in [1.807, 2.05) is 24.3 Å². The van der Waals surface area contributed by atoms with Gasteiger partial charge in [-0.05, 0) is 52.4 Å². The Balaban J connectivity index is 1.69. The summed E-state index contributed by atoms with van der Waals surface area (Å²) in [4.78, 5) is 28.8. The van der Waals surface area contributed by atoms with Crippen LogP contribution < -0.4 is 5.43 Å². The van der Waals surface area contributed by atoms with Crippen LogP contribution in [-0.4, -0.2) is 10.8 Å². The maximum absolute atomic E-state index is 13.7. The summed E-state index contributed by atoms with van der Waals surface area (Å²) in [6.45, 7) is 6.62. The summed E-state index contributed by atoms with van der Waals surface area (Å²) in [7, 11) is 0. The Kier molecular flexibility index (Phi) is 5.44. The molecule has 0 bridgehead atoms. The topological polar surface area (TPSA) is 50.5 Å². The molecule has 0 fully saturated rings. The van der Waals surface area contributed by atoms with Crippen LogP contribution in [0.2, 0.25) is 0 Å². The second-order valence-electron chi connectivity index (χ2n) is 9.65. The monoisotopic (exact) mass is 519 g/mol. The van der Waals surface area contributed by atoms with Crippen molar-refractivity contribution in [2.24, 2.45) is 0 Å². The standard InChI is InChI=1S/C28H23BrFNO3/c1-28(2,3)18-8-6-17(7-9-18)24-23-25(32)21-14-19(29)10-13-22(21)34-26(23)27(33)31(24)15-16-4-11-20(30)12-5-16/h4-14,24H,15H2,1-3H3. The molecule has 4 aromatic rings. The first kappa shape index (κ1) is 22.5. The third kappa shape index (κ3) is 3.86. The fraction of sp³-hybridized carbons (Fsp3) is 0.214. The van der Waals surface area contributed by atoms with E-state index < -0.39 is 6.04 Å². The second-order valence-corrected chi connectivity index (χ2v) is 10.6. The number of benzene rings is 3. The van der Waals surface area contributed by atoms with Gasteiger partial charge in [0.05, 0.1) is 17.0 Å². The minimum absolute atomic E-state index is 0.0305. The largest absolute Gasteiger partial charge is 0.450 e. The number of fused-ring (bicyclic) bond motifs is 2. The van der Waals surface area contributed by atoms with E-state index in [0.717, 1.165) is 21.2 Å². The average molecular weight is 520 g/mol. The summed E-state index contributed by atoms with van der Waals surface area (Å²) in [5.41, 5.74) is 3.18. The Morgan fingerprint density at radius 1 is 0.971 bits per heavy atom. The Morgan fingerprint density at radius 2 is 1.65 bits per heavy atom. The molecule has 1 atom stereocenters. The van der Waals surface area contributed by atoms with Crippen molar-refractivity contribution in [3.05, 3.63) is 115 Å². The summed E-state index contributed by atoms with van der Waals surface area (Å²) < 4.78 is 20.2. The first-order chi connectivity index (χ1) is 16.1. The molecule has 34 heavy (non-hydrogen) atoms. The molecule has 1 aromatic heterocycles. The minimum Gasteiger partial charge on any atom is -0.450 e. The highest BCUT2D eigenvalue weighted by atomic mass is 79.9. The van der Waals surface area contributed by atoms with Crippen molar-refractivity contribution in [3.63, 3.8) is 0 Å². The van der Waals surface area contributed by atoms with Crippen molar-refractivity contribution >= 4 is 32.8 Å². The Labute approximate surface area is 205 Å². The van der Waals surface area contributed by atoms with E-state index in [0.29, 0.717) is 16.5 Å². The van der Waals surface area contributed by atoms with E-state index >= 15 is 0 Å². The van der Waals surface area contributed by atoms with Crippen LogP contribution in [-0.2, 0) is 12.0 Å². The van der Waals surface area contributed by atoms with Gasteiger partial charge in [-0.15, -0.1) is 0 Å². The Hall–Kier alpha value is -3.25. The molecule has 0 aliphatic carbocycles. The first-order valence-corrected chi connectivity index (χ1v) is 11.8. The smallest absolute Gasteiger partial charge is 0.291 e. The fourth-order valence-electron chi connectivity index (χ4n) is 4.45. The second kappa shape index (κ2) is 8.20. The molecule has 2 heterocycles. The number of hydrogen-bond donors (Lipinski definition) is 0. The lowest BCUT2D eigenvalue weighted by molar-refractivity contribution is 0.0714. The normalized spacial score (nSPS) is 15.7. The summed E-state index contributed by atoms with van der Waals surface area (Å²) in [5, 5.41) is 0.417. The molecule has 0 saturated carbocycles. The third-order valence-electron chi connectivity index (χ3n) is 6.29. The van der Waals surface area contributed by atoms with E-state index in [-0.39, 0.29) is 34.9 Å². The van der Waals surface area contributed by atoms with Crippen LogP contribution in [0.1, 0.15) is 59.6 Å². The molecule has 5 rings (SSSR count). The molecular formula is C28H23BrFNO3. The molecule has 1 unspecified atom stereocenters. The molecule has 0 saturated heterocycles. The zero-order chi connectivity index (χ0) is 24.2. The van der Waals surface area contributed by atoms with Crippen LogP contribution >= 0.6 is 15.9 Å². The van der Waals surface area contributed by atoms with Crippen LogP contribution in [0, 0.1) is 5.82 Å². The van der Waals surface area contributed by atoms with E-state index in [9.17, 15) is 14.0 Å². The zero-order valence-corrected chi connectivity index (χ0v) is 20.6. The average Bonchev–Trinajstić information content (AvgIpc) is 3.07. The Bertz CT molecular complexity index is 1470. The summed E-state index contributed by atoms with van der Waals surface area (Å²) in [5.74, 6) is -0.638. The third-order valence-corrected chi connectivity index (χ3v) is 6.78. The van der Waals surface area contributed by atoms with E-state index in [1.165, 1.54) is 12.1 Å². The van der Waals surface area contributed by atoms with Gasteiger partial charge in [-0.2, -0.15) is 0 Å². The van der Waals surface area contributed by atoms with Gasteiger partial charge < -0.3 is 9.32 Å². The molecule has 0 radical (unpaired) electrons. The maximum atomic E-state index is 13.7. The molecule has 1 aliphatic heterocycles. The van der Waals surface area contributed by atoms with Crippen molar-refractivity contribution in [2.45, 2.75) is 38.8 Å². The Morgan fingerprint density at radius 3 is 2.29 bits per heavy atom. The van der Waals surface area contributed by atoms with Gasteiger partial charge in [-0.25, -0.2) is 4.39 Å². The van der Waals surface area contributed by atoms with Crippen molar-refractivity contribution in [3.8, 4) is 0 Å². The van der Waals surface area contributed by atoms with E-state index in [2.05, 4.69) is 36.7 Å². The molecule has 1 amide bonds. The van der Waals surface area contributed by atoms with Crippen molar-refractivity contribution < 1.29 is 13.6 Å². The van der Waals surface area contributed by atoms with Crippen LogP contribution in [0.4, 0.5) is 4.39 Å². The molecule has 3 aromatic carbocycles. The molecule has 6 heteroatoms. The van der Waals surface area contributed by atoms with E-state index in [1.54, 1.807) is 35.2 Å². The number of amides is 1. The fourth-order valence-corrected chi connectivity index (χ4v) is 4.82. The predicted octanol–water partition coefficient (Wildman–Crippen LogP) is 6.74. The summed E-state index contributed by atoms with van der Waals surface area (Å²) >= 11 is 3.42. The van der Waals surface area contributed by atoms with E-state index in [4.69, 9.17) is 4.42 Å². The van der Waals surface area contributed by atoms with Gasteiger partial charge in [-0.3, -0.25) is 9.59 Å². The van der Waals surface area contributed by atoms with Crippen molar-refractivity contribution in [1.29, 1.82) is 0 Å². The van der Waals surface area contributed by atoms with Crippen LogP contribution in [0.15, 0.2) is 80.4 Å². The first-order valence-electron chi connectivity index (χ1n) is 11.1. The van der Waals surface area contributed by atoms with Crippen molar-refractivity contribution in [1.82, 2.24) is 4.90 Å². The number of carbonyl (C=O) groups excluding carboxylic acids is 1. The SMILES string of the molecule is CC(C)(C)c1ccc(C2c3c(oc4ccc(Br)cc4c3=O)C(=O)N2Cc2ccc(F)cc2)cc1. The number of hydrogen-bond acceptors (Lipinski definition) is 3. The minimum atomic E-state index is -0.610. The number of carbonyl (C=O) groups is 1. The van der Waals surface area contributed by atoms with Crippen LogP contribution in [0.25, 0.3) is 11.0 Å². The van der Waals surface area contributed by atoms with Crippen LogP contribution in [0.5, 0.6) is 0 Å². The molecule has 1 aliphatic rings. The molecule has 4 nitrogen and oxygen atoms in total. The lowest BCUT2D eigenvalue weighted by Gasteiger charge is -2.26. The van der Waals surface area contributed by atoms with Crippen LogP contribution in [0.3, 0.4) is 0 Å². The van der Waals surface area contributed by atoms with Gasteiger partial charge in [0.15, 0.2) is 5.43 Å². The molecule has 0 spiro atoms. The summed E-state index contributed by atoms with van der Waals surface area (Å²) in [6.07, 6.45) is 0.